The number of para-hydroxylation sites is 1. The van der Waals surface area contributed by atoms with E-state index in [0.29, 0.717) is 5.56 Å². The van der Waals surface area contributed by atoms with Crippen LogP contribution in [0.5, 0.6) is 0 Å². The number of hydrogen-bond donors (Lipinski definition) is 1. The quantitative estimate of drug-likeness (QED) is 0.429. The van der Waals surface area contributed by atoms with Crippen LogP contribution in [0, 0.1) is 0 Å². The molecule has 110 valence electrons. The molecular formula is C18H14BrNO2. The summed E-state index contributed by atoms with van der Waals surface area (Å²) in [6, 6.07) is 17.3. The third-order valence-corrected chi connectivity index (χ3v) is 4.66. The summed E-state index contributed by atoms with van der Waals surface area (Å²) in [7, 11) is 0. The lowest BCUT2D eigenvalue weighted by atomic mass is 9.99. The molecule has 1 atom stereocenters. The highest BCUT2D eigenvalue weighted by molar-refractivity contribution is 9.10. The van der Waals surface area contributed by atoms with Crippen molar-refractivity contribution in [2.45, 2.75) is 11.8 Å². The number of carbonyl (C=O) groups excluding carboxylic acids is 2. The molecule has 0 aliphatic rings. The van der Waals surface area contributed by atoms with Gasteiger partial charge < -0.3 is 4.98 Å². The number of benzene rings is 2. The number of hydrogen-bond acceptors (Lipinski definition) is 2. The van der Waals surface area contributed by atoms with Gasteiger partial charge in [0, 0.05) is 10.9 Å². The Bertz CT molecular complexity index is 852. The van der Waals surface area contributed by atoms with Crippen LogP contribution < -0.4 is 0 Å². The van der Waals surface area contributed by atoms with Gasteiger partial charge in [0.15, 0.2) is 11.6 Å². The number of nitrogens with one attached hydrogen (secondary N) is 1. The molecule has 3 nitrogen and oxygen atoms in total. The minimum Gasteiger partial charge on any atom is -0.354 e. The average molecular weight is 356 g/mol. The molecule has 0 saturated heterocycles. The summed E-state index contributed by atoms with van der Waals surface area (Å²) in [6.45, 7) is 1.41. The fourth-order valence-electron chi connectivity index (χ4n) is 2.53. The molecule has 3 rings (SSSR count). The van der Waals surface area contributed by atoms with E-state index in [1.165, 1.54) is 6.92 Å². The standard InChI is InChI=1S/C18H14BrNO2/c1-11(21)16(19)18(22)15-13-9-5-6-10-14(13)20-17(15)12-7-3-2-4-8-12/h2-10,16,20H,1H3/t16-/m1/s1. The van der Waals surface area contributed by atoms with Crippen LogP contribution in [-0.2, 0) is 4.79 Å². The first-order valence-corrected chi connectivity index (χ1v) is 7.86. The maximum atomic E-state index is 12.8. The maximum absolute atomic E-state index is 12.8. The van der Waals surface area contributed by atoms with E-state index in [1.807, 2.05) is 54.6 Å². The molecule has 0 saturated carbocycles. The van der Waals surface area contributed by atoms with Gasteiger partial charge in [-0.1, -0.05) is 64.5 Å². The van der Waals surface area contributed by atoms with Gasteiger partial charge >= 0.3 is 0 Å². The smallest absolute Gasteiger partial charge is 0.186 e. The van der Waals surface area contributed by atoms with Crippen LogP contribution >= 0.6 is 15.9 Å². The fourth-order valence-corrected chi connectivity index (χ4v) is 2.76. The number of Topliss-reactive ketones (excluding diaryl/α,β-unsaturated/α-hetero) is 2. The monoisotopic (exact) mass is 355 g/mol. The molecule has 0 fully saturated rings. The second-order valence-corrected chi connectivity index (χ2v) is 6.04. The van der Waals surface area contributed by atoms with E-state index in [0.717, 1.165) is 22.2 Å². The summed E-state index contributed by atoms with van der Waals surface area (Å²) in [5.74, 6) is -0.418. The molecule has 0 radical (unpaired) electrons. The summed E-state index contributed by atoms with van der Waals surface area (Å²) >= 11 is 3.21. The van der Waals surface area contributed by atoms with Crippen LogP contribution in [0.15, 0.2) is 54.6 Å². The van der Waals surface area contributed by atoms with Crippen LogP contribution in [0.2, 0.25) is 0 Å². The van der Waals surface area contributed by atoms with Gasteiger partial charge in [0.25, 0.3) is 0 Å². The zero-order chi connectivity index (χ0) is 15.7. The summed E-state index contributed by atoms with van der Waals surface area (Å²) in [4.78, 5) is 26.8. The van der Waals surface area contributed by atoms with Crippen molar-refractivity contribution in [1.29, 1.82) is 0 Å². The molecule has 22 heavy (non-hydrogen) atoms. The molecule has 3 aromatic rings. The van der Waals surface area contributed by atoms with E-state index in [2.05, 4.69) is 20.9 Å². The number of carbonyl (C=O) groups is 2. The van der Waals surface area contributed by atoms with Crippen molar-refractivity contribution in [1.82, 2.24) is 4.98 Å². The van der Waals surface area contributed by atoms with Gasteiger partial charge in [0.2, 0.25) is 0 Å². The van der Waals surface area contributed by atoms with Crippen LogP contribution in [0.3, 0.4) is 0 Å². The van der Waals surface area contributed by atoms with Gasteiger partial charge in [-0.15, -0.1) is 0 Å². The van der Waals surface area contributed by atoms with E-state index >= 15 is 0 Å². The number of fused-ring (bicyclic) bond motifs is 1. The Morgan fingerprint density at radius 1 is 1.00 bits per heavy atom. The van der Waals surface area contributed by atoms with Crippen molar-refractivity contribution in [2.24, 2.45) is 0 Å². The first kappa shape index (κ1) is 14.7. The second kappa shape index (κ2) is 5.89. The van der Waals surface area contributed by atoms with E-state index < -0.39 is 4.83 Å². The zero-order valence-electron chi connectivity index (χ0n) is 12.0. The Morgan fingerprint density at radius 2 is 1.64 bits per heavy atom. The van der Waals surface area contributed by atoms with E-state index in [1.54, 1.807) is 0 Å². The highest BCUT2D eigenvalue weighted by atomic mass is 79.9. The first-order valence-electron chi connectivity index (χ1n) is 6.94. The third kappa shape index (κ3) is 2.50. The Kier molecular flexibility index (Phi) is 3.94. The van der Waals surface area contributed by atoms with Crippen molar-refractivity contribution < 1.29 is 9.59 Å². The van der Waals surface area contributed by atoms with Gasteiger partial charge in [-0.25, -0.2) is 0 Å². The summed E-state index contributed by atoms with van der Waals surface area (Å²) in [6.07, 6.45) is 0. The Labute approximate surface area is 136 Å². The Balaban J connectivity index is 2.26. The van der Waals surface area contributed by atoms with E-state index in [-0.39, 0.29) is 11.6 Å². The van der Waals surface area contributed by atoms with Gasteiger partial charge in [-0.2, -0.15) is 0 Å². The van der Waals surface area contributed by atoms with Crippen molar-refractivity contribution in [3.8, 4) is 11.3 Å². The SMILES string of the molecule is CC(=O)[C@@H](Br)C(=O)c1c(-c2ccccc2)[nH]c2ccccc12. The summed E-state index contributed by atoms with van der Waals surface area (Å²) in [5.41, 5.74) is 3.11. The summed E-state index contributed by atoms with van der Waals surface area (Å²) in [5, 5.41) is 0.831. The molecule has 0 aliphatic carbocycles. The van der Waals surface area contributed by atoms with Crippen molar-refractivity contribution in [2.75, 3.05) is 0 Å². The maximum Gasteiger partial charge on any atom is 0.186 e. The molecule has 2 aromatic carbocycles. The molecular weight excluding hydrogens is 342 g/mol. The number of aromatic amines is 1. The molecule has 0 spiro atoms. The van der Waals surface area contributed by atoms with Crippen molar-refractivity contribution >= 4 is 38.4 Å². The normalized spacial score (nSPS) is 12.3. The molecule has 4 heteroatoms. The molecule has 0 aliphatic heterocycles. The minimum atomic E-state index is -0.825. The molecule has 0 amide bonds. The van der Waals surface area contributed by atoms with Crippen LogP contribution in [0.25, 0.3) is 22.2 Å². The molecule has 1 N–H and O–H groups in total. The highest BCUT2D eigenvalue weighted by Crippen LogP contribution is 2.32. The molecule has 1 heterocycles. The second-order valence-electron chi connectivity index (χ2n) is 5.12. The Morgan fingerprint density at radius 3 is 2.32 bits per heavy atom. The lowest BCUT2D eigenvalue weighted by Crippen LogP contribution is -2.22. The van der Waals surface area contributed by atoms with Crippen LogP contribution in [-0.4, -0.2) is 21.4 Å². The number of aromatic nitrogens is 1. The van der Waals surface area contributed by atoms with Gasteiger partial charge in [0.05, 0.1) is 11.3 Å². The molecule has 0 bridgehead atoms. The number of halogens is 1. The lowest BCUT2D eigenvalue weighted by Gasteiger charge is -2.07. The first-order chi connectivity index (χ1) is 10.6. The van der Waals surface area contributed by atoms with Gasteiger partial charge in [-0.05, 0) is 18.6 Å². The Hall–Kier alpha value is -2.20. The lowest BCUT2D eigenvalue weighted by molar-refractivity contribution is -0.115. The van der Waals surface area contributed by atoms with Gasteiger partial charge in [0.1, 0.15) is 4.83 Å². The summed E-state index contributed by atoms with van der Waals surface area (Å²) < 4.78 is 0. The highest BCUT2D eigenvalue weighted by Gasteiger charge is 2.27. The van der Waals surface area contributed by atoms with Gasteiger partial charge in [-0.3, -0.25) is 9.59 Å². The minimum absolute atomic E-state index is 0.200. The van der Waals surface area contributed by atoms with E-state index in [9.17, 15) is 9.59 Å². The number of H-pyrrole nitrogens is 1. The average Bonchev–Trinajstić information content (AvgIpc) is 2.93. The number of ketones is 2. The topological polar surface area (TPSA) is 49.9 Å². The number of rotatable bonds is 4. The number of alkyl halides is 1. The largest absolute Gasteiger partial charge is 0.354 e. The van der Waals surface area contributed by atoms with Crippen LogP contribution in [0.4, 0.5) is 0 Å². The molecule has 1 aromatic heterocycles. The third-order valence-electron chi connectivity index (χ3n) is 3.60. The fraction of sp³-hybridized carbons (Fsp3) is 0.111. The molecule has 0 unspecified atom stereocenters. The van der Waals surface area contributed by atoms with Crippen LogP contribution in [0.1, 0.15) is 17.3 Å². The van der Waals surface area contributed by atoms with Crippen molar-refractivity contribution in [3.63, 3.8) is 0 Å². The zero-order valence-corrected chi connectivity index (χ0v) is 13.6. The van der Waals surface area contributed by atoms with Crippen molar-refractivity contribution in [3.05, 3.63) is 60.2 Å². The predicted molar refractivity (Wildman–Crippen MR) is 91.5 cm³/mol. The predicted octanol–water partition coefficient (Wildman–Crippen LogP) is 4.37. The van der Waals surface area contributed by atoms with E-state index in [4.69, 9.17) is 0 Å².